The number of hydrogen-bond acceptors (Lipinski definition) is 2. The zero-order valence-corrected chi connectivity index (χ0v) is 11.2. The van der Waals surface area contributed by atoms with Crippen molar-refractivity contribution < 1.29 is 5.11 Å². The molecule has 0 heterocycles. The number of rotatable bonds is 2. The second-order valence-electron chi connectivity index (χ2n) is 5.20. The fraction of sp³-hybridized carbons (Fsp3) is 0.294. The van der Waals surface area contributed by atoms with E-state index in [1.165, 1.54) is 5.56 Å². The van der Waals surface area contributed by atoms with Gasteiger partial charge in [0.2, 0.25) is 0 Å². The van der Waals surface area contributed by atoms with Crippen LogP contribution in [0.5, 0.6) is 0 Å². The molecule has 2 nitrogen and oxygen atoms in total. The molecule has 0 bridgehead atoms. The normalized spacial score (nSPS) is 21.8. The van der Waals surface area contributed by atoms with Crippen LogP contribution in [0, 0.1) is 0 Å². The smallest absolute Gasteiger partial charge is 0.0995 e. The first kappa shape index (κ1) is 12.2. The lowest BCUT2D eigenvalue weighted by molar-refractivity contribution is 0.131. The number of aryl methyl sites for hydroxylation is 1. The van der Waals surface area contributed by atoms with Gasteiger partial charge in [0.1, 0.15) is 0 Å². The maximum absolute atomic E-state index is 10.6. The minimum Gasteiger partial charge on any atom is -0.386 e. The highest BCUT2D eigenvalue weighted by atomic mass is 16.3. The maximum atomic E-state index is 10.6. The SMILES string of the molecule is CN(c1ccccc1)[C@H]1CCc2ccccc2[C@@H]1O. The summed E-state index contributed by atoms with van der Waals surface area (Å²) in [6.07, 6.45) is 1.62. The van der Waals surface area contributed by atoms with Crippen LogP contribution in [0.2, 0.25) is 0 Å². The molecule has 0 amide bonds. The molecule has 3 rings (SSSR count). The Hall–Kier alpha value is -1.80. The molecule has 0 aromatic heterocycles. The van der Waals surface area contributed by atoms with Crippen LogP contribution in [0.1, 0.15) is 23.7 Å². The van der Waals surface area contributed by atoms with Gasteiger partial charge in [0.05, 0.1) is 12.1 Å². The Labute approximate surface area is 114 Å². The first-order chi connectivity index (χ1) is 9.27. The summed E-state index contributed by atoms with van der Waals surface area (Å²) in [6, 6.07) is 18.6. The lowest BCUT2D eigenvalue weighted by Crippen LogP contribution is -2.40. The van der Waals surface area contributed by atoms with Gasteiger partial charge in [-0.3, -0.25) is 0 Å². The van der Waals surface area contributed by atoms with E-state index < -0.39 is 6.10 Å². The zero-order valence-electron chi connectivity index (χ0n) is 11.2. The quantitative estimate of drug-likeness (QED) is 0.888. The highest BCUT2D eigenvalue weighted by Gasteiger charge is 2.30. The van der Waals surface area contributed by atoms with Gasteiger partial charge in [0.15, 0.2) is 0 Å². The summed E-state index contributed by atoms with van der Waals surface area (Å²) in [4.78, 5) is 2.20. The first-order valence-electron chi connectivity index (χ1n) is 6.81. The summed E-state index contributed by atoms with van der Waals surface area (Å²) in [5, 5.41) is 10.6. The zero-order chi connectivity index (χ0) is 13.2. The molecule has 0 saturated heterocycles. The van der Waals surface area contributed by atoms with Gasteiger partial charge in [-0.25, -0.2) is 0 Å². The molecule has 1 aliphatic rings. The van der Waals surface area contributed by atoms with Gasteiger partial charge in [0.25, 0.3) is 0 Å². The fourth-order valence-electron chi connectivity index (χ4n) is 2.98. The summed E-state index contributed by atoms with van der Waals surface area (Å²) >= 11 is 0. The number of hydrogen-bond donors (Lipinski definition) is 1. The fourth-order valence-corrected chi connectivity index (χ4v) is 2.98. The van der Waals surface area contributed by atoms with Gasteiger partial charge >= 0.3 is 0 Å². The van der Waals surface area contributed by atoms with Crippen molar-refractivity contribution in [2.75, 3.05) is 11.9 Å². The molecular weight excluding hydrogens is 234 g/mol. The Morgan fingerprint density at radius 3 is 2.47 bits per heavy atom. The molecule has 2 atom stereocenters. The summed E-state index contributed by atoms with van der Waals surface area (Å²) in [6.45, 7) is 0. The van der Waals surface area contributed by atoms with Crippen LogP contribution in [0.15, 0.2) is 54.6 Å². The van der Waals surface area contributed by atoms with Crippen LogP contribution >= 0.6 is 0 Å². The van der Waals surface area contributed by atoms with E-state index in [1.807, 2.05) is 36.4 Å². The van der Waals surface area contributed by atoms with Crippen LogP contribution in [0.4, 0.5) is 5.69 Å². The second kappa shape index (κ2) is 5.06. The highest BCUT2D eigenvalue weighted by molar-refractivity contribution is 5.48. The molecule has 2 aromatic carbocycles. The molecule has 0 saturated carbocycles. The van der Waals surface area contributed by atoms with Gasteiger partial charge in [-0.05, 0) is 36.1 Å². The first-order valence-corrected chi connectivity index (χ1v) is 6.81. The monoisotopic (exact) mass is 253 g/mol. The summed E-state index contributed by atoms with van der Waals surface area (Å²) < 4.78 is 0. The Kier molecular flexibility index (Phi) is 3.26. The molecule has 0 fully saturated rings. The van der Waals surface area contributed by atoms with E-state index in [2.05, 4.69) is 30.1 Å². The largest absolute Gasteiger partial charge is 0.386 e. The molecule has 19 heavy (non-hydrogen) atoms. The van der Waals surface area contributed by atoms with Crippen LogP contribution in [-0.2, 0) is 6.42 Å². The number of nitrogens with zero attached hydrogens (tertiary/aromatic N) is 1. The lowest BCUT2D eigenvalue weighted by Gasteiger charge is -2.37. The van der Waals surface area contributed by atoms with Crippen LogP contribution in [0.3, 0.4) is 0 Å². The van der Waals surface area contributed by atoms with E-state index >= 15 is 0 Å². The molecule has 0 radical (unpaired) electrons. The van der Waals surface area contributed by atoms with Gasteiger partial charge < -0.3 is 10.0 Å². The van der Waals surface area contributed by atoms with Crippen molar-refractivity contribution >= 4 is 5.69 Å². The van der Waals surface area contributed by atoms with Crippen molar-refractivity contribution in [1.82, 2.24) is 0 Å². The standard InChI is InChI=1S/C17H19NO/c1-18(14-8-3-2-4-9-14)16-12-11-13-7-5-6-10-15(13)17(16)19/h2-10,16-17,19H,11-12H2,1H3/t16-,17-/m0/s1. The minimum atomic E-state index is -0.407. The van der Waals surface area contributed by atoms with Crippen LogP contribution in [-0.4, -0.2) is 18.2 Å². The molecule has 1 N–H and O–H groups in total. The van der Waals surface area contributed by atoms with Crippen molar-refractivity contribution in [2.45, 2.75) is 25.0 Å². The Morgan fingerprint density at radius 1 is 1.00 bits per heavy atom. The summed E-state index contributed by atoms with van der Waals surface area (Å²) in [7, 11) is 2.07. The highest BCUT2D eigenvalue weighted by Crippen LogP contribution is 2.34. The second-order valence-corrected chi connectivity index (χ2v) is 5.20. The van der Waals surface area contributed by atoms with E-state index in [-0.39, 0.29) is 6.04 Å². The lowest BCUT2D eigenvalue weighted by atomic mass is 9.85. The Bertz CT molecular complexity index is 552. The molecule has 0 spiro atoms. The van der Waals surface area contributed by atoms with Crippen molar-refractivity contribution in [3.63, 3.8) is 0 Å². The topological polar surface area (TPSA) is 23.5 Å². The van der Waals surface area contributed by atoms with Gasteiger partial charge in [-0.1, -0.05) is 42.5 Å². The third kappa shape index (κ3) is 2.24. The molecule has 0 aliphatic heterocycles. The van der Waals surface area contributed by atoms with E-state index in [4.69, 9.17) is 0 Å². The molecule has 1 aliphatic carbocycles. The third-order valence-electron chi connectivity index (χ3n) is 4.11. The van der Waals surface area contributed by atoms with E-state index in [1.54, 1.807) is 0 Å². The van der Waals surface area contributed by atoms with E-state index in [9.17, 15) is 5.11 Å². The Morgan fingerprint density at radius 2 is 1.68 bits per heavy atom. The molecule has 0 unspecified atom stereocenters. The maximum Gasteiger partial charge on any atom is 0.0995 e. The van der Waals surface area contributed by atoms with Crippen molar-refractivity contribution in [3.05, 3.63) is 65.7 Å². The Balaban J connectivity index is 1.88. The predicted octanol–water partition coefficient (Wildman–Crippen LogP) is 3.17. The van der Waals surface area contributed by atoms with Gasteiger partial charge in [-0.15, -0.1) is 0 Å². The average molecular weight is 253 g/mol. The van der Waals surface area contributed by atoms with E-state index in [0.717, 1.165) is 24.1 Å². The number of aliphatic hydroxyl groups excluding tert-OH is 1. The van der Waals surface area contributed by atoms with E-state index in [0.29, 0.717) is 0 Å². The minimum absolute atomic E-state index is 0.150. The number of para-hydroxylation sites is 1. The number of aliphatic hydroxyl groups is 1. The van der Waals surface area contributed by atoms with Crippen LogP contribution in [0.25, 0.3) is 0 Å². The average Bonchev–Trinajstić information content (AvgIpc) is 2.48. The summed E-state index contributed by atoms with van der Waals surface area (Å²) in [5.41, 5.74) is 3.53. The number of anilines is 1. The molecule has 98 valence electrons. The van der Waals surface area contributed by atoms with Crippen molar-refractivity contribution in [1.29, 1.82) is 0 Å². The third-order valence-corrected chi connectivity index (χ3v) is 4.11. The number of likely N-dealkylation sites (N-methyl/N-ethyl adjacent to an activating group) is 1. The van der Waals surface area contributed by atoms with Crippen molar-refractivity contribution in [2.24, 2.45) is 0 Å². The van der Waals surface area contributed by atoms with Gasteiger partial charge in [0, 0.05) is 12.7 Å². The molecular formula is C17H19NO. The number of fused-ring (bicyclic) bond motifs is 1. The predicted molar refractivity (Wildman–Crippen MR) is 78.4 cm³/mol. The number of benzene rings is 2. The molecule has 2 heteroatoms. The van der Waals surface area contributed by atoms with Gasteiger partial charge in [-0.2, -0.15) is 0 Å². The summed E-state index contributed by atoms with van der Waals surface area (Å²) in [5.74, 6) is 0. The van der Waals surface area contributed by atoms with Crippen LogP contribution < -0.4 is 4.90 Å². The van der Waals surface area contributed by atoms with Crippen molar-refractivity contribution in [3.8, 4) is 0 Å². The molecule has 2 aromatic rings.